The molecule has 0 saturated heterocycles. The first kappa shape index (κ1) is 27.3. The lowest BCUT2D eigenvalue weighted by molar-refractivity contribution is 0.664. The zero-order chi connectivity index (χ0) is 32.5. The first-order valence-corrected chi connectivity index (χ1v) is 18.9. The Kier molecular flexibility index (Phi) is 5.46. The van der Waals surface area contributed by atoms with Gasteiger partial charge in [0, 0.05) is 69.4 Å². The van der Waals surface area contributed by atoms with E-state index in [9.17, 15) is 0 Å². The molecule has 2 nitrogen and oxygen atoms in total. The highest BCUT2D eigenvalue weighted by molar-refractivity contribution is 8.00. The summed E-state index contributed by atoms with van der Waals surface area (Å²) in [5.74, 6) is 1.29. The third kappa shape index (κ3) is 3.54. The number of rotatable bonds is 2. The number of furan rings is 2. The van der Waals surface area contributed by atoms with Crippen molar-refractivity contribution in [2.24, 2.45) is 0 Å². The highest BCUT2D eigenvalue weighted by Gasteiger charge is 2.32. The second-order valence-electron chi connectivity index (χ2n) is 13.4. The highest BCUT2D eigenvalue weighted by Crippen LogP contribution is 2.55. The monoisotopic (exact) mass is 674 g/mol. The number of thioether (sulfide) groups is 1. The maximum absolute atomic E-state index is 6.86. The van der Waals surface area contributed by atoms with E-state index in [-0.39, 0.29) is 5.92 Å². The van der Waals surface area contributed by atoms with E-state index in [0.29, 0.717) is 0 Å². The molecule has 234 valence electrons. The van der Waals surface area contributed by atoms with Gasteiger partial charge in [0.15, 0.2) is 0 Å². The lowest BCUT2D eigenvalue weighted by atomic mass is 9.81. The van der Waals surface area contributed by atoms with Crippen LogP contribution < -0.4 is 0 Å². The Morgan fingerprint density at radius 3 is 1.86 bits per heavy atom. The summed E-state index contributed by atoms with van der Waals surface area (Å²) in [5.41, 5.74) is 8.72. The van der Waals surface area contributed by atoms with Crippen LogP contribution in [0.4, 0.5) is 0 Å². The summed E-state index contributed by atoms with van der Waals surface area (Å²) < 4.78 is 16.3. The number of benzene rings is 8. The number of hydrogen-bond acceptors (Lipinski definition) is 4. The van der Waals surface area contributed by atoms with Gasteiger partial charge < -0.3 is 8.83 Å². The van der Waals surface area contributed by atoms with Crippen LogP contribution >= 0.6 is 23.1 Å². The molecule has 1 aliphatic rings. The minimum Gasteiger partial charge on any atom is -0.456 e. The topological polar surface area (TPSA) is 26.3 Å². The second-order valence-corrected chi connectivity index (χ2v) is 15.5. The summed E-state index contributed by atoms with van der Waals surface area (Å²) in [6.45, 7) is 0. The van der Waals surface area contributed by atoms with Crippen LogP contribution in [0.5, 0.6) is 0 Å². The normalized spacial score (nSPS) is 14.8. The van der Waals surface area contributed by atoms with E-state index in [0.717, 1.165) is 55.2 Å². The average molecular weight is 675 g/mol. The van der Waals surface area contributed by atoms with Crippen LogP contribution in [0.1, 0.15) is 17.0 Å². The van der Waals surface area contributed by atoms with Crippen LogP contribution in [0.25, 0.3) is 96.7 Å². The molecule has 50 heavy (non-hydrogen) atoms. The van der Waals surface area contributed by atoms with E-state index in [1.165, 1.54) is 63.3 Å². The molecule has 3 aromatic heterocycles. The largest absolute Gasteiger partial charge is 0.456 e. The van der Waals surface area contributed by atoms with Crippen LogP contribution in [0.2, 0.25) is 0 Å². The van der Waals surface area contributed by atoms with Crippen molar-refractivity contribution < 1.29 is 8.83 Å². The quantitative estimate of drug-likeness (QED) is 0.171. The fourth-order valence-electron chi connectivity index (χ4n) is 8.81. The molecule has 11 aromatic rings. The summed E-state index contributed by atoms with van der Waals surface area (Å²) in [6.07, 6.45) is 0. The summed E-state index contributed by atoms with van der Waals surface area (Å²) in [6, 6.07) is 50.6. The van der Waals surface area contributed by atoms with Gasteiger partial charge >= 0.3 is 0 Å². The predicted molar refractivity (Wildman–Crippen MR) is 213 cm³/mol. The molecule has 4 heteroatoms. The lowest BCUT2D eigenvalue weighted by Crippen LogP contribution is -2.03. The summed E-state index contributed by atoms with van der Waals surface area (Å²) >= 11 is 3.96. The van der Waals surface area contributed by atoms with Gasteiger partial charge in [-0.05, 0) is 56.9 Å². The molecule has 8 aromatic carbocycles. The fourth-order valence-corrected chi connectivity index (χ4v) is 11.6. The molecule has 0 bridgehead atoms. The first-order chi connectivity index (χ1) is 24.8. The minimum atomic E-state index is 0.269. The molecule has 0 amide bonds. The standard InChI is InChI=1S/C46H26O2S2/c1-3-15-29-27(13-1)40(35-24-49-45-32(35)22-21-31-26-12-7-10-20-39(26)50-46(31)45)28-14-2-4-16-30(28)41(29)43-42-33-17-6-9-19-37(33)47-38(42)23-34-25-11-5-8-18-36(25)48-44(34)43/h1-23,35H,24H2. The van der Waals surface area contributed by atoms with Crippen molar-refractivity contribution in [3.63, 3.8) is 0 Å². The van der Waals surface area contributed by atoms with Gasteiger partial charge in [0.05, 0.1) is 0 Å². The smallest absolute Gasteiger partial charge is 0.144 e. The molecular weight excluding hydrogens is 649 g/mol. The molecular formula is C46H26O2S2. The molecule has 0 radical (unpaired) electrons. The molecule has 0 fully saturated rings. The number of para-hydroxylation sites is 2. The zero-order valence-electron chi connectivity index (χ0n) is 26.7. The van der Waals surface area contributed by atoms with Gasteiger partial charge in [-0.2, -0.15) is 0 Å². The lowest BCUT2D eigenvalue weighted by Gasteiger charge is -2.22. The third-order valence-corrected chi connectivity index (χ3v) is 13.4. The van der Waals surface area contributed by atoms with Gasteiger partial charge in [-0.3, -0.25) is 0 Å². The van der Waals surface area contributed by atoms with Crippen LogP contribution in [-0.2, 0) is 0 Å². The van der Waals surface area contributed by atoms with E-state index >= 15 is 0 Å². The molecule has 0 aliphatic carbocycles. The van der Waals surface area contributed by atoms with Crippen LogP contribution in [0.3, 0.4) is 0 Å². The maximum Gasteiger partial charge on any atom is 0.144 e. The van der Waals surface area contributed by atoms with Crippen molar-refractivity contribution >= 4 is 109 Å². The predicted octanol–water partition coefficient (Wildman–Crippen LogP) is 14.1. The van der Waals surface area contributed by atoms with Crippen molar-refractivity contribution in [1.29, 1.82) is 0 Å². The summed E-state index contributed by atoms with van der Waals surface area (Å²) in [4.78, 5) is 1.45. The molecule has 0 N–H and O–H groups in total. The van der Waals surface area contributed by atoms with E-state index in [4.69, 9.17) is 8.83 Å². The van der Waals surface area contributed by atoms with Crippen LogP contribution in [0, 0.1) is 0 Å². The Morgan fingerprint density at radius 2 is 1.10 bits per heavy atom. The van der Waals surface area contributed by atoms with Crippen molar-refractivity contribution in [2.45, 2.75) is 10.8 Å². The second kappa shape index (κ2) is 10.0. The Morgan fingerprint density at radius 1 is 0.480 bits per heavy atom. The van der Waals surface area contributed by atoms with E-state index in [1.807, 2.05) is 35.2 Å². The molecule has 4 heterocycles. The molecule has 1 aliphatic heterocycles. The molecule has 0 spiro atoms. The Bertz CT molecular complexity index is 3170. The van der Waals surface area contributed by atoms with Crippen molar-refractivity contribution in [2.75, 3.05) is 5.75 Å². The summed E-state index contributed by atoms with van der Waals surface area (Å²) in [7, 11) is 0. The molecule has 0 saturated carbocycles. The van der Waals surface area contributed by atoms with E-state index in [1.54, 1.807) is 0 Å². The van der Waals surface area contributed by atoms with Crippen LogP contribution in [-0.4, -0.2) is 5.75 Å². The summed E-state index contributed by atoms with van der Waals surface area (Å²) in [5, 5.41) is 12.2. The Balaban J connectivity index is 1.22. The Labute approximate surface area is 294 Å². The Hall–Kier alpha value is -5.55. The maximum atomic E-state index is 6.86. The number of hydrogen-bond donors (Lipinski definition) is 0. The minimum absolute atomic E-state index is 0.269. The van der Waals surface area contributed by atoms with Crippen LogP contribution in [0.15, 0.2) is 153 Å². The van der Waals surface area contributed by atoms with Gasteiger partial charge in [0.1, 0.15) is 22.3 Å². The third-order valence-electron chi connectivity index (χ3n) is 10.9. The van der Waals surface area contributed by atoms with Gasteiger partial charge in [-0.25, -0.2) is 0 Å². The van der Waals surface area contributed by atoms with Gasteiger partial charge in [0.2, 0.25) is 0 Å². The van der Waals surface area contributed by atoms with Gasteiger partial charge in [-0.1, -0.05) is 115 Å². The SMILES string of the molecule is c1ccc2c(c1)oc1c(-c3c4ccccc4c(C4CSc5c4ccc4c5sc5ccccc54)c4ccccc34)c3c(cc12)oc1ccccc13. The number of fused-ring (bicyclic) bond motifs is 13. The van der Waals surface area contributed by atoms with Gasteiger partial charge in [-0.15, -0.1) is 23.1 Å². The average Bonchev–Trinajstić information content (AvgIpc) is 3.94. The molecule has 1 atom stereocenters. The van der Waals surface area contributed by atoms with Crippen molar-refractivity contribution in [3.05, 3.63) is 151 Å². The van der Waals surface area contributed by atoms with Crippen molar-refractivity contribution in [1.82, 2.24) is 0 Å². The zero-order valence-corrected chi connectivity index (χ0v) is 28.3. The number of thiophene rings is 1. The fraction of sp³-hybridized carbons (Fsp3) is 0.0435. The van der Waals surface area contributed by atoms with Crippen molar-refractivity contribution in [3.8, 4) is 11.1 Å². The first-order valence-electron chi connectivity index (χ1n) is 17.1. The molecule has 12 rings (SSSR count). The van der Waals surface area contributed by atoms with E-state index in [2.05, 4.69) is 127 Å². The van der Waals surface area contributed by atoms with Gasteiger partial charge in [0.25, 0.3) is 0 Å². The van der Waals surface area contributed by atoms with E-state index < -0.39 is 0 Å². The highest BCUT2D eigenvalue weighted by atomic mass is 32.2. The molecule has 1 unspecified atom stereocenters.